The van der Waals surface area contributed by atoms with E-state index in [9.17, 15) is 4.79 Å². The Morgan fingerprint density at radius 3 is 2.67 bits per heavy atom. The number of fused-ring (bicyclic) bond motifs is 1. The third-order valence-electron chi connectivity index (χ3n) is 3.67. The molecule has 6 heteroatoms. The van der Waals surface area contributed by atoms with E-state index in [-0.39, 0.29) is 11.6 Å². The van der Waals surface area contributed by atoms with Gasteiger partial charge in [0, 0.05) is 11.8 Å². The largest absolute Gasteiger partial charge is 0.377 e. The third-order valence-corrected chi connectivity index (χ3v) is 4.71. The number of halogens is 3. The lowest BCUT2D eigenvalue weighted by molar-refractivity contribution is 0.587. The topological polar surface area (TPSA) is 44.9 Å². The van der Waals surface area contributed by atoms with Crippen LogP contribution in [0.25, 0.3) is 0 Å². The monoisotopic (exact) mass is 342 g/mol. The average molecular weight is 344 g/mol. The van der Waals surface area contributed by atoms with Crippen molar-refractivity contribution < 1.29 is 0 Å². The highest BCUT2D eigenvalue weighted by Crippen LogP contribution is 2.36. The van der Waals surface area contributed by atoms with Gasteiger partial charge in [0.15, 0.2) is 0 Å². The summed E-state index contributed by atoms with van der Waals surface area (Å²) in [5.41, 5.74) is 2.77. The molecular weight excluding hydrogens is 331 g/mol. The van der Waals surface area contributed by atoms with E-state index in [0.29, 0.717) is 15.1 Å². The lowest BCUT2D eigenvalue weighted by Crippen LogP contribution is -2.21. The Bertz CT molecular complexity index is 742. The Hall–Kier alpha value is -1.16. The van der Waals surface area contributed by atoms with E-state index < -0.39 is 0 Å². The number of rotatable bonds is 2. The molecule has 0 amide bonds. The Kier molecular flexibility index (Phi) is 4.16. The van der Waals surface area contributed by atoms with Gasteiger partial charge in [-0.3, -0.25) is 4.79 Å². The number of anilines is 1. The summed E-state index contributed by atoms with van der Waals surface area (Å²) in [5.74, 6) is 0. The second-order valence-electron chi connectivity index (χ2n) is 5.09. The first-order valence-electron chi connectivity index (χ1n) is 6.68. The first kappa shape index (κ1) is 14.8. The molecule has 0 fully saturated rings. The molecule has 110 valence electrons. The Balaban J connectivity index is 1.94. The fourth-order valence-electron chi connectivity index (χ4n) is 2.67. The van der Waals surface area contributed by atoms with Crippen LogP contribution in [0.3, 0.4) is 0 Å². The molecule has 0 bridgehead atoms. The molecule has 0 saturated heterocycles. The number of H-pyrrole nitrogens is 1. The van der Waals surface area contributed by atoms with Crippen LogP contribution >= 0.6 is 34.8 Å². The predicted molar refractivity (Wildman–Crippen MR) is 87.8 cm³/mol. The van der Waals surface area contributed by atoms with Gasteiger partial charge in [-0.15, -0.1) is 0 Å². The van der Waals surface area contributed by atoms with Crippen LogP contribution in [0.5, 0.6) is 0 Å². The third kappa shape index (κ3) is 3.05. The summed E-state index contributed by atoms with van der Waals surface area (Å²) >= 11 is 18.2. The van der Waals surface area contributed by atoms with Gasteiger partial charge in [0.2, 0.25) is 5.56 Å². The predicted octanol–water partition coefficient (Wildman–Crippen LogP) is 4.82. The molecule has 2 N–H and O–H groups in total. The van der Waals surface area contributed by atoms with Gasteiger partial charge in [0.05, 0.1) is 26.8 Å². The van der Waals surface area contributed by atoms with E-state index in [2.05, 4.69) is 10.3 Å². The molecular formula is C15H13Cl3N2O. The van der Waals surface area contributed by atoms with Gasteiger partial charge in [-0.05, 0) is 43.0 Å². The molecule has 1 aliphatic rings. The van der Waals surface area contributed by atoms with E-state index in [1.807, 2.05) is 6.07 Å². The number of benzene rings is 1. The van der Waals surface area contributed by atoms with Gasteiger partial charge in [-0.25, -0.2) is 0 Å². The smallest absolute Gasteiger partial charge is 0.248 e. The number of aryl methyl sites for hydroxylation is 1. The molecule has 2 aromatic rings. The van der Waals surface area contributed by atoms with Crippen LogP contribution in [0.2, 0.25) is 15.1 Å². The Morgan fingerprint density at radius 1 is 1.10 bits per heavy atom. The van der Waals surface area contributed by atoms with Crippen molar-refractivity contribution in [3.8, 4) is 0 Å². The van der Waals surface area contributed by atoms with Gasteiger partial charge in [0.1, 0.15) is 0 Å². The summed E-state index contributed by atoms with van der Waals surface area (Å²) < 4.78 is 0. The standard InChI is InChI=1S/C15H13Cl3N2O/c16-9-6-11(18)14(7-10(9)17)19-12-2-1-3-13-8(12)4-5-15(21)20-13/h4-7,12,19H,1-3H2,(H,20,21). The molecule has 1 atom stereocenters. The van der Waals surface area contributed by atoms with Gasteiger partial charge in [-0.1, -0.05) is 34.8 Å². The summed E-state index contributed by atoms with van der Waals surface area (Å²) in [6, 6.07) is 6.88. The van der Waals surface area contributed by atoms with Crippen molar-refractivity contribution >= 4 is 40.5 Å². The first-order chi connectivity index (χ1) is 10.0. The highest BCUT2D eigenvalue weighted by atomic mass is 35.5. The van der Waals surface area contributed by atoms with Gasteiger partial charge in [0.25, 0.3) is 0 Å². The van der Waals surface area contributed by atoms with E-state index in [1.165, 1.54) is 0 Å². The van der Waals surface area contributed by atoms with Crippen molar-refractivity contribution in [2.75, 3.05) is 5.32 Å². The molecule has 0 spiro atoms. The zero-order chi connectivity index (χ0) is 15.0. The fourth-order valence-corrected chi connectivity index (χ4v) is 3.27. The molecule has 0 saturated carbocycles. The quantitative estimate of drug-likeness (QED) is 0.767. The number of nitrogens with one attached hydrogen (secondary N) is 2. The molecule has 1 aromatic heterocycles. The van der Waals surface area contributed by atoms with Crippen LogP contribution in [0, 0.1) is 0 Å². The second kappa shape index (κ2) is 5.91. The zero-order valence-corrected chi connectivity index (χ0v) is 13.3. The highest BCUT2D eigenvalue weighted by Gasteiger charge is 2.21. The van der Waals surface area contributed by atoms with E-state index in [0.717, 1.165) is 36.2 Å². The van der Waals surface area contributed by atoms with Crippen LogP contribution < -0.4 is 10.9 Å². The maximum atomic E-state index is 11.4. The van der Waals surface area contributed by atoms with Crippen molar-refractivity contribution in [3.63, 3.8) is 0 Å². The van der Waals surface area contributed by atoms with Crippen LogP contribution in [-0.2, 0) is 6.42 Å². The maximum absolute atomic E-state index is 11.4. The van der Waals surface area contributed by atoms with Crippen molar-refractivity contribution in [2.24, 2.45) is 0 Å². The number of pyridine rings is 1. The summed E-state index contributed by atoms with van der Waals surface area (Å²) in [5, 5.41) is 4.81. The molecule has 0 aliphatic heterocycles. The first-order valence-corrected chi connectivity index (χ1v) is 7.81. The van der Waals surface area contributed by atoms with Gasteiger partial charge >= 0.3 is 0 Å². The highest BCUT2D eigenvalue weighted by molar-refractivity contribution is 6.44. The number of hydrogen-bond donors (Lipinski definition) is 2. The van der Waals surface area contributed by atoms with E-state index in [4.69, 9.17) is 34.8 Å². The van der Waals surface area contributed by atoms with Crippen LogP contribution in [0.1, 0.15) is 30.1 Å². The van der Waals surface area contributed by atoms with Crippen molar-refractivity contribution in [2.45, 2.75) is 25.3 Å². The molecule has 21 heavy (non-hydrogen) atoms. The normalized spacial score (nSPS) is 17.4. The van der Waals surface area contributed by atoms with Crippen LogP contribution in [-0.4, -0.2) is 4.98 Å². The molecule has 1 heterocycles. The molecule has 3 rings (SSSR count). The minimum absolute atomic E-state index is 0.0676. The zero-order valence-electron chi connectivity index (χ0n) is 11.1. The second-order valence-corrected chi connectivity index (χ2v) is 6.31. The average Bonchev–Trinajstić information content (AvgIpc) is 2.44. The molecule has 1 aliphatic carbocycles. The van der Waals surface area contributed by atoms with Crippen LogP contribution in [0.4, 0.5) is 5.69 Å². The summed E-state index contributed by atoms with van der Waals surface area (Å²) in [6.45, 7) is 0. The molecule has 3 nitrogen and oxygen atoms in total. The minimum atomic E-state index is -0.0676. The van der Waals surface area contributed by atoms with E-state index in [1.54, 1.807) is 18.2 Å². The van der Waals surface area contributed by atoms with Crippen molar-refractivity contribution in [1.82, 2.24) is 4.98 Å². The fraction of sp³-hybridized carbons (Fsp3) is 0.267. The Labute approximate surface area is 137 Å². The summed E-state index contributed by atoms with van der Waals surface area (Å²) in [4.78, 5) is 14.3. The van der Waals surface area contributed by atoms with Crippen molar-refractivity contribution in [3.05, 3.63) is 60.9 Å². The van der Waals surface area contributed by atoms with Gasteiger partial charge < -0.3 is 10.3 Å². The molecule has 0 radical (unpaired) electrons. The lowest BCUT2D eigenvalue weighted by atomic mass is 9.91. The van der Waals surface area contributed by atoms with Crippen molar-refractivity contribution in [1.29, 1.82) is 0 Å². The van der Waals surface area contributed by atoms with Crippen LogP contribution in [0.15, 0.2) is 29.1 Å². The number of hydrogen-bond acceptors (Lipinski definition) is 2. The number of aromatic nitrogens is 1. The molecule has 1 unspecified atom stereocenters. The maximum Gasteiger partial charge on any atom is 0.248 e. The summed E-state index contributed by atoms with van der Waals surface area (Å²) in [6.07, 6.45) is 2.86. The lowest BCUT2D eigenvalue weighted by Gasteiger charge is -2.27. The number of aromatic amines is 1. The summed E-state index contributed by atoms with van der Waals surface area (Å²) in [7, 11) is 0. The minimum Gasteiger partial charge on any atom is -0.377 e. The SMILES string of the molecule is O=c1ccc2c([nH]1)CCCC2Nc1cc(Cl)c(Cl)cc1Cl. The Morgan fingerprint density at radius 2 is 1.86 bits per heavy atom. The van der Waals surface area contributed by atoms with E-state index >= 15 is 0 Å². The van der Waals surface area contributed by atoms with Gasteiger partial charge in [-0.2, -0.15) is 0 Å². The molecule has 1 aromatic carbocycles.